The Bertz CT molecular complexity index is 1170. The van der Waals surface area contributed by atoms with Gasteiger partial charge in [-0.05, 0) is 39.6 Å². The molecule has 0 fully saturated rings. The Kier molecular flexibility index (Phi) is 3.47. The molecule has 0 bridgehead atoms. The largest absolute Gasteiger partial charge is 0.318 e. The van der Waals surface area contributed by atoms with Crippen LogP contribution in [0.25, 0.3) is 10.6 Å². The lowest BCUT2D eigenvalue weighted by Crippen LogP contribution is -2.29. The van der Waals surface area contributed by atoms with Crippen LogP contribution in [0.1, 0.15) is 17.2 Å². The van der Waals surface area contributed by atoms with Crippen molar-refractivity contribution in [1.29, 1.82) is 0 Å². The van der Waals surface area contributed by atoms with E-state index in [1.54, 1.807) is 16.0 Å². The number of halogens is 1. The first-order valence-electron chi connectivity index (χ1n) is 7.69. The van der Waals surface area contributed by atoms with Crippen LogP contribution >= 0.6 is 27.3 Å². The highest BCUT2D eigenvalue weighted by atomic mass is 79.9. The number of nitrogens with one attached hydrogen (secondary N) is 2. The molecule has 3 aromatic heterocycles. The third-order valence-corrected chi connectivity index (χ3v) is 5.56. The number of aromatic amines is 1. The normalized spacial score (nSPS) is 15.2. The van der Waals surface area contributed by atoms with E-state index < -0.39 is 0 Å². The summed E-state index contributed by atoms with van der Waals surface area (Å²) in [4.78, 5) is 13.5. The number of hydrogen-bond donors (Lipinski definition) is 2. The van der Waals surface area contributed by atoms with Crippen LogP contribution in [0, 0.1) is 0 Å². The lowest BCUT2D eigenvalue weighted by Gasteiger charge is -2.27. The van der Waals surface area contributed by atoms with Crippen molar-refractivity contribution in [3.63, 3.8) is 0 Å². The maximum absolute atomic E-state index is 12.5. The number of H-pyrrole nitrogens is 1. The van der Waals surface area contributed by atoms with Crippen molar-refractivity contribution in [2.45, 2.75) is 6.04 Å². The van der Waals surface area contributed by atoms with Crippen LogP contribution in [0.4, 0.5) is 11.6 Å². The van der Waals surface area contributed by atoms with Crippen molar-refractivity contribution < 1.29 is 0 Å². The second-order valence-electron chi connectivity index (χ2n) is 5.70. The first-order chi connectivity index (χ1) is 12.7. The standard InChI is InChI=1S/C16H10BrN7OS/c17-9-4-1-3-8(7-9)14-11-12(10-5-2-6-26-10)19-20-15(25)13(11)18-16-21-22-23-24(14)16/h1-7,14H,(H,20,25)(H,18,21,23). The van der Waals surface area contributed by atoms with Crippen LogP contribution in [0.2, 0.25) is 0 Å². The summed E-state index contributed by atoms with van der Waals surface area (Å²) < 4.78 is 2.60. The molecule has 0 radical (unpaired) electrons. The van der Waals surface area contributed by atoms with Gasteiger partial charge in [-0.2, -0.15) is 9.78 Å². The average Bonchev–Trinajstić information content (AvgIpc) is 3.32. The molecule has 0 amide bonds. The first kappa shape index (κ1) is 15.4. The van der Waals surface area contributed by atoms with E-state index in [-0.39, 0.29) is 11.6 Å². The molecule has 1 aliphatic rings. The zero-order valence-corrected chi connectivity index (χ0v) is 15.5. The van der Waals surface area contributed by atoms with E-state index in [1.807, 2.05) is 41.8 Å². The van der Waals surface area contributed by atoms with Crippen molar-refractivity contribution >= 4 is 38.9 Å². The first-order valence-corrected chi connectivity index (χ1v) is 9.36. The number of thiophene rings is 1. The van der Waals surface area contributed by atoms with Gasteiger partial charge in [-0.25, -0.2) is 5.10 Å². The number of anilines is 2. The molecule has 0 spiro atoms. The lowest BCUT2D eigenvalue weighted by atomic mass is 9.94. The molecule has 10 heteroatoms. The van der Waals surface area contributed by atoms with Gasteiger partial charge in [0.05, 0.1) is 4.88 Å². The minimum absolute atomic E-state index is 0.311. The number of tetrazole rings is 1. The predicted octanol–water partition coefficient (Wildman–Crippen LogP) is 2.94. The van der Waals surface area contributed by atoms with Crippen molar-refractivity contribution in [2.75, 3.05) is 5.32 Å². The van der Waals surface area contributed by atoms with Gasteiger partial charge in [-0.1, -0.05) is 39.2 Å². The summed E-state index contributed by atoms with van der Waals surface area (Å²) in [5.41, 5.74) is 2.49. The van der Waals surface area contributed by atoms with E-state index in [0.29, 0.717) is 17.3 Å². The molecule has 1 aliphatic heterocycles. The van der Waals surface area contributed by atoms with E-state index in [4.69, 9.17) is 0 Å². The van der Waals surface area contributed by atoms with Gasteiger partial charge in [0, 0.05) is 10.0 Å². The summed E-state index contributed by atoms with van der Waals surface area (Å²) in [5.74, 6) is 0.413. The number of nitrogens with zero attached hydrogens (tertiary/aromatic N) is 5. The molecular formula is C16H10BrN7OS. The Morgan fingerprint density at radius 2 is 2.15 bits per heavy atom. The molecule has 26 heavy (non-hydrogen) atoms. The smallest absolute Gasteiger partial charge is 0.288 e. The molecule has 0 saturated carbocycles. The van der Waals surface area contributed by atoms with Gasteiger partial charge in [0.15, 0.2) is 0 Å². The van der Waals surface area contributed by atoms with Crippen LogP contribution in [0.15, 0.2) is 51.0 Å². The Morgan fingerprint density at radius 3 is 2.96 bits per heavy atom. The highest BCUT2D eigenvalue weighted by Gasteiger charge is 2.34. The summed E-state index contributed by atoms with van der Waals surface area (Å²) in [6.07, 6.45) is 0. The Labute approximate surface area is 159 Å². The summed E-state index contributed by atoms with van der Waals surface area (Å²) in [6.45, 7) is 0. The lowest BCUT2D eigenvalue weighted by molar-refractivity contribution is 0.567. The summed E-state index contributed by atoms with van der Waals surface area (Å²) >= 11 is 5.07. The highest BCUT2D eigenvalue weighted by molar-refractivity contribution is 9.10. The van der Waals surface area contributed by atoms with Crippen molar-refractivity contribution in [3.05, 3.63) is 67.7 Å². The van der Waals surface area contributed by atoms with Crippen molar-refractivity contribution in [1.82, 2.24) is 30.4 Å². The van der Waals surface area contributed by atoms with Gasteiger partial charge in [0.1, 0.15) is 17.4 Å². The third-order valence-electron chi connectivity index (χ3n) is 4.19. The molecule has 2 N–H and O–H groups in total. The molecular weight excluding hydrogens is 418 g/mol. The number of rotatable bonds is 2. The van der Waals surface area contributed by atoms with Gasteiger partial charge in [-0.3, -0.25) is 4.79 Å². The second-order valence-corrected chi connectivity index (χ2v) is 7.56. The van der Waals surface area contributed by atoms with Crippen LogP contribution in [0.3, 0.4) is 0 Å². The van der Waals surface area contributed by atoms with Gasteiger partial charge >= 0.3 is 0 Å². The van der Waals surface area contributed by atoms with Gasteiger partial charge in [0.25, 0.3) is 5.56 Å². The SMILES string of the molecule is O=c1[nH]nc(-c2cccs2)c2c1Nc1nnnn1C2c1cccc(Br)c1. The van der Waals surface area contributed by atoms with Gasteiger partial charge < -0.3 is 5.32 Å². The molecule has 4 aromatic rings. The topological polar surface area (TPSA) is 101 Å². The average molecular weight is 428 g/mol. The molecule has 4 heterocycles. The second kappa shape index (κ2) is 5.85. The van der Waals surface area contributed by atoms with Crippen LogP contribution in [-0.2, 0) is 0 Å². The van der Waals surface area contributed by atoms with Crippen molar-refractivity contribution in [3.8, 4) is 10.6 Å². The van der Waals surface area contributed by atoms with Gasteiger partial charge in [0.2, 0.25) is 5.95 Å². The minimum Gasteiger partial charge on any atom is -0.318 e. The van der Waals surface area contributed by atoms with E-state index in [9.17, 15) is 4.79 Å². The zero-order valence-electron chi connectivity index (χ0n) is 13.0. The predicted molar refractivity (Wildman–Crippen MR) is 101 cm³/mol. The third kappa shape index (κ3) is 2.30. The number of aromatic nitrogens is 6. The fraction of sp³-hybridized carbons (Fsp3) is 0.0625. The van der Waals surface area contributed by atoms with E-state index >= 15 is 0 Å². The van der Waals surface area contributed by atoms with Crippen LogP contribution < -0.4 is 10.9 Å². The molecule has 1 atom stereocenters. The minimum atomic E-state index is -0.374. The van der Waals surface area contributed by atoms with Crippen LogP contribution in [-0.4, -0.2) is 30.4 Å². The number of hydrogen-bond acceptors (Lipinski definition) is 7. The summed E-state index contributed by atoms with van der Waals surface area (Å²) in [6, 6.07) is 11.4. The highest BCUT2D eigenvalue weighted by Crippen LogP contribution is 2.42. The molecule has 1 aromatic carbocycles. The zero-order chi connectivity index (χ0) is 17.7. The molecule has 1 unspecified atom stereocenters. The number of benzene rings is 1. The molecule has 0 aliphatic carbocycles. The molecule has 8 nitrogen and oxygen atoms in total. The number of fused-ring (bicyclic) bond motifs is 2. The fourth-order valence-electron chi connectivity index (χ4n) is 3.12. The molecule has 0 saturated heterocycles. The van der Waals surface area contributed by atoms with Crippen molar-refractivity contribution in [2.24, 2.45) is 0 Å². The molecule has 5 rings (SSSR count). The Hall–Kier alpha value is -2.85. The quantitative estimate of drug-likeness (QED) is 0.449. The maximum Gasteiger partial charge on any atom is 0.288 e. The maximum atomic E-state index is 12.5. The van der Waals surface area contributed by atoms with E-state index in [2.05, 4.69) is 47.0 Å². The summed E-state index contributed by atoms with van der Waals surface area (Å²) in [7, 11) is 0. The van der Waals surface area contributed by atoms with E-state index in [0.717, 1.165) is 20.5 Å². The monoisotopic (exact) mass is 427 g/mol. The van der Waals surface area contributed by atoms with Gasteiger partial charge in [-0.15, -0.1) is 11.3 Å². The Morgan fingerprint density at radius 1 is 1.23 bits per heavy atom. The molecule has 128 valence electrons. The Balaban J connectivity index is 1.85. The van der Waals surface area contributed by atoms with E-state index in [1.165, 1.54) is 0 Å². The fourth-order valence-corrected chi connectivity index (χ4v) is 4.27. The summed E-state index contributed by atoms with van der Waals surface area (Å²) in [5, 5.41) is 23.8. The van der Waals surface area contributed by atoms with Crippen LogP contribution in [0.5, 0.6) is 0 Å².